The molecule has 1 heterocycles. The molecule has 0 bridgehead atoms. The van der Waals surface area contributed by atoms with E-state index < -0.39 is 0 Å². The summed E-state index contributed by atoms with van der Waals surface area (Å²) in [7, 11) is 1.36. The van der Waals surface area contributed by atoms with E-state index in [1.807, 2.05) is 30.3 Å². The van der Waals surface area contributed by atoms with Gasteiger partial charge in [-0.15, -0.1) is 0 Å². The van der Waals surface area contributed by atoms with E-state index in [0.717, 1.165) is 15.8 Å². The van der Waals surface area contributed by atoms with E-state index in [0.29, 0.717) is 16.5 Å². The molecular formula is C16H13N3O2S. The summed E-state index contributed by atoms with van der Waals surface area (Å²) in [5, 5.41) is 1.37. The summed E-state index contributed by atoms with van der Waals surface area (Å²) in [6, 6.07) is 14.7. The molecule has 110 valence electrons. The maximum Gasteiger partial charge on any atom is 0.337 e. The zero-order valence-electron chi connectivity index (χ0n) is 11.8. The van der Waals surface area contributed by atoms with Crippen LogP contribution in [0.4, 0.5) is 5.82 Å². The number of esters is 1. The molecule has 0 radical (unpaired) electrons. The number of rotatable bonds is 3. The average molecular weight is 311 g/mol. The Kier molecular flexibility index (Phi) is 3.93. The van der Waals surface area contributed by atoms with E-state index >= 15 is 0 Å². The van der Waals surface area contributed by atoms with Crippen LogP contribution in [-0.4, -0.2) is 23.0 Å². The van der Waals surface area contributed by atoms with E-state index in [2.05, 4.69) is 9.97 Å². The van der Waals surface area contributed by atoms with Crippen LogP contribution in [0.15, 0.2) is 58.6 Å². The van der Waals surface area contributed by atoms with E-state index in [1.54, 1.807) is 18.2 Å². The molecule has 2 N–H and O–H groups in total. The third-order valence-corrected chi connectivity index (χ3v) is 3.93. The van der Waals surface area contributed by atoms with Crippen LogP contribution in [0.3, 0.4) is 0 Å². The number of hydrogen-bond donors (Lipinski definition) is 1. The number of carbonyl (C=O) groups excluding carboxylic acids is 1. The highest BCUT2D eigenvalue weighted by Gasteiger charge is 2.09. The van der Waals surface area contributed by atoms with Gasteiger partial charge in [0.2, 0.25) is 0 Å². The topological polar surface area (TPSA) is 78.1 Å². The van der Waals surface area contributed by atoms with Crippen LogP contribution in [0.5, 0.6) is 0 Å². The van der Waals surface area contributed by atoms with Crippen molar-refractivity contribution in [2.24, 2.45) is 0 Å². The Balaban J connectivity index is 1.95. The molecule has 2 aromatic carbocycles. The predicted molar refractivity (Wildman–Crippen MR) is 85.9 cm³/mol. The van der Waals surface area contributed by atoms with Gasteiger partial charge < -0.3 is 10.5 Å². The molecule has 5 nitrogen and oxygen atoms in total. The van der Waals surface area contributed by atoms with Crippen LogP contribution < -0.4 is 5.73 Å². The molecule has 0 unspecified atom stereocenters. The molecular weight excluding hydrogens is 298 g/mol. The first-order valence-corrected chi connectivity index (χ1v) is 7.37. The van der Waals surface area contributed by atoms with Gasteiger partial charge in [-0.05, 0) is 42.1 Å². The molecule has 1 aromatic heterocycles. The monoisotopic (exact) mass is 311 g/mol. The molecule has 0 saturated heterocycles. The predicted octanol–water partition coefficient (Wildman–Crippen LogP) is 3.15. The van der Waals surface area contributed by atoms with Crippen LogP contribution in [0.1, 0.15) is 10.4 Å². The summed E-state index contributed by atoms with van der Waals surface area (Å²) in [5.41, 5.74) is 7.25. The first kappa shape index (κ1) is 14.3. The van der Waals surface area contributed by atoms with Gasteiger partial charge in [-0.25, -0.2) is 14.8 Å². The maximum atomic E-state index is 11.6. The Morgan fingerprint density at radius 2 is 1.95 bits per heavy atom. The third kappa shape index (κ3) is 2.87. The highest BCUT2D eigenvalue weighted by molar-refractivity contribution is 7.99. The number of benzene rings is 2. The van der Waals surface area contributed by atoms with Gasteiger partial charge in [0.05, 0.1) is 18.2 Å². The van der Waals surface area contributed by atoms with Crippen molar-refractivity contribution in [3.05, 3.63) is 54.1 Å². The molecule has 0 atom stereocenters. The number of para-hydroxylation sites is 1. The zero-order valence-corrected chi connectivity index (χ0v) is 12.6. The Hall–Kier alpha value is -2.60. The van der Waals surface area contributed by atoms with Crippen molar-refractivity contribution in [3.63, 3.8) is 0 Å². The van der Waals surface area contributed by atoms with Gasteiger partial charge in [0.15, 0.2) is 5.16 Å². The largest absolute Gasteiger partial charge is 0.465 e. The van der Waals surface area contributed by atoms with Gasteiger partial charge in [-0.1, -0.05) is 18.2 Å². The number of methoxy groups -OCH3 is 1. The highest BCUT2D eigenvalue weighted by atomic mass is 32.2. The minimum atomic E-state index is -0.374. The fourth-order valence-electron chi connectivity index (χ4n) is 2.03. The molecule has 0 spiro atoms. The summed E-state index contributed by atoms with van der Waals surface area (Å²) >= 11 is 1.35. The number of nitrogens with zero attached hydrogens (tertiary/aromatic N) is 2. The Morgan fingerprint density at radius 1 is 1.14 bits per heavy atom. The van der Waals surface area contributed by atoms with Crippen molar-refractivity contribution in [2.75, 3.05) is 12.8 Å². The highest BCUT2D eigenvalue weighted by Crippen LogP contribution is 2.28. The fourth-order valence-corrected chi connectivity index (χ4v) is 2.87. The van der Waals surface area contributed by atoms with Crippen molar-refractivity contribution in [2.45, 2.75) is 10.1 Å². The smallest absolute Gasteiger partial charge is 0.337 e. The lowest BCUT2D eigenvalue weighted by Gasteiger charge is -2.06. The van der Waals surface area contributed by atoms with Gasteiger partial charge >= 0.3 is 5.97 Å². The molecule has 3 aromatic rings. The zero-order chi connectivity index (χ0) is 15.5. The molecule has 0 amide bonds. The SMILES string of the molecule is COC(=O)c1cccc(Sc2nc(N)c3ccccc3n2)c1. The number of carbonyl (C=O) groups is 1. The molecule has 0 aliphatic carbocycles. The van der Waals surface area contributed by atoms with Crippen molar-refractivity contribution in [1.82, 2.24) is 9.97 Å². The molecule has 0 saturated carbocycles. The number of aromatic nitrogens is 2. The summed E-state index contributed by atoms with van der Waals surface area (Å²) in [4.78, 5) is 21.2. The Labute approximate surface area is 131 Å². The molecule has 0 aliphatic rings. The van der Waals surface area contributed by atoms with Crippen LogP contribution in [0.2, 0.25) is 0 Å². The molecule has 22 heavy (non-hydrogen) atoms. The average Bonchev–Trinajstić information content (AvgIpc) is 2.54. The summed E-state index contributed by atoms with van der Waals surface area (Å²) < 4.78 is 4.72. The summed E-state index contributed by atoms with van der Waals surface area (Å²) in [6.45, 7) is 0. The van der Waals surface area contributed by atoms with Gasteiger partial charge in [0.25, 0.3) is 0 Å². The number of hydrogen-bond acceptors (Lipinski definition) is 6. The molecule has 3 rings (SSSR count). The van der Waals surface area contributed by atoms with Crippen LogP contribution in [0, 0.1) is 0 Å². The minimum Gasteiger partial charge on any atom is -0.465 e. The Morgan fingerprint density at radius 3 is 2.77 bits per heavy atom. The van der Waals surface area contributed by atoms with Crippen molar-refractivity contribution >= 4 is 34.5 Å². The van der Waals surface area contributed by atoms with E-state index in [4.69, 9.17) is 10.5 Å². The van der Waals surface area contributed by atoms with Crippen LogP contribution in [0.25, 0.3) is 10.9 Å². The van der Waals surface area contributed by atoms with E-state index in [1.165, 1.54) is 18.9 Å². The van der Waals surface area contributed by atoms with Gasteiger partial charge in [0, 0.05) is 10.3 Å². The van der Waals surface area contributed by atoms with Gasteiger partial charge in [0.1, 0.15) is 5.82 Å². The number of nitrogens with two attached hydrogens (primary N) is 1. The van der Waals surface area contributed by atoms with Crippen molar-refractivity contribution in [3.8, 4) is 0 Å². The third-order valence-electron chi connectivity index (χ3n) is 3.08. The lowest BCUT2D eigenvalue weighted by Crippen LogP contribution is -2.01. The number of ether oxygens (including phenoxy) is 1. The van der Waals surface area contributed by atoms with Crippen molar-refractivity contribution in [1.29, 1.82) is 0 Å². The number of fused-ring (bicyclic) bond motifs is 1. The standard InChI is InChI=1S/C16H13N3O2S/c1-21-15(20)10-5-4-6-11(9-10)22-16-18-13-8-3-2-7-12(13)14(17)19-16/h2-9H,1H3,(H2,17,18,19). The van der Waals surface area contributed by atoms with E-state index in [-0.39, 0.29) is 5.97 Å². The second-order valence-corrected chi connectivity index (χ2v) is 5.57. The Bertz CT molecular complexity index is 852. The first-order chi connectivity index (χ1) is 10.7. The van der Waals surface area contributed by atoms with Crippen molar-refractivity contribution < 1.29 is 9.53 Å². The maximum absolute atomic E-state index is 11.6. The van der Waals surface area contributed by atoms with Gasteiger partial charge in [-0.2, -0.15) is 0 Å². The fraction of sp³-hybridized carbons (Fsp3) is 0.0625. The number of anilines is 1. The van der Waals surface area contributed by atoms with Crippen LogP contribution in [-0.2, 0) is 4.74 Å². The normalized spacial score (nSPS) is 10.6. The summed E-state index contributed by atoms with van der Waals surface area (Å²) in [6.07, 6.45) is 0. The quantitative estimate of drug-likeness (QED) is 0.591. The lowest BCUT2D eigenvalue weighted by atomic mass is 10.2. The second kappa shape index (κ2) is 6.03. The molecule has 0 fully saturated rings. The van der Waals surface area contributed by atoms with E-state index in [9.17, 15) is 4.79 Å². The van der Waals surface area contributed by atoms with Gasteiger partial charge in [-0.3, -0.25) is 0 Å². The lowest BCUT2D eigenvalue weighted by molar-refractivity contribution is 0.0600. The number of nitrogen functional groups attached to an aromatic ring is 1. The first-order valence-electron chi connectivity index (χ1n) is 6.56. The second-order valence-electron chi connectivity index (χ2n) is 4.53. The minimum absolute atomic E-state index is 0.374. The molecule has 6 heteroatoms. The summed E-state index contributed by atoms with van der Waals surface area (Å²) in [5.74, 6) is 0.0682. The van der Waals surface area contributed by atoms with Crippen LogP contribution >= 0.6 is 11.8 Å². The molecule has 0 aliphatic heterocycles.